The lowest BCUT2D eigenvalue weighted by Crippen LogP contribution is -2.08. The molecule has 17 heavy (non-hydrogen) atoms. The van der Waals surface area contributed by atoms with Crippen molar-refractivity contribution in [2.45, 2.75) is 13.1 Å². The van der Waals surface area contributed by atoms with Crippen molar-refractivity contribution in [3.63, 3.8) is 0 Å². The molecule has 94 valence electrons. The normalized spacial score (nSPS) is 12.6. The number of H-pyrrole nitrogens is 1. The first-order chi connectivity index (χ1) is 7.70. The van der Waals surface area contributed by atoms with Crippen molar-refractivity contribution in [1.29, 1.82) is 5.41 Å². The highest BCUT2D eigenvalue weighted by molar-refractivity contribution is 6.32. The van der Waals surface area contributed by atoms with Crippen LogP contribution in [-0.2, 0) is 6.18 Å². The second-order valence-corrected chi connectivity index (χ2v) is 3.62. The molecule has 0 bridgehead atoms. The third-order valence-electron chi connectivity index (χ3n) is 1.61. The Balaban J connectivity index is 2.90. The van der Waals surface area contributed by atoms with Crippen LogP contribution in [0.2, 0.25) is 5.02 Å². The standard InChI is InChI=1S/C9H9ClF3N3O/c1-4(14)2-7(15)17-8-5(10)3-6(16-8)9(11,12)13/h2-3,15-16H,14H2,1H3/b4-2-,15-7?. The van der Waals surface area contributed by atoms with Gasteiger partial charge in [-0.1, -0.05) is 11.6 Å². The molecular formula is C9H9ClF3N3O. The van der Waals surface area contributed by atoms with Crippen molar-refractivity contribution in [3.8, 4) is 5.88 Å². The number of ether oxygens (including phenoxy) is 1. The SMILES string of the molecule is C/C(N)=C/C(=N)Oc1[nH]c(C(F)(F)F)cc1Cl. The summed E-state index contributed by atoms with van der Waals surface area (Å²) < 4.78 is 41.7. The fourth-order valence-corrected chi connectivity index (χ4v) is 1.18. The first kappa shape index (κ1) is 13.4. The summed E-state index contributed by atoms with van der Waals surface area (Å²) in [6.07, 6.45) is -3.41. The molecule has 4 N–H and O–H groups in total. The van der Waals surface area contributed by atoms with Crippen molar-refractivity contribution in [2.24, 2.45) is 5.73 Å². The first-order valence-corrected chi connectivity index (χ1v) is 4.74. The van der Waals surface area contributed by atoms with Crippen LogP contribution in [0.4, 0.5) is 13.2 Å². The van der Waals surface area contributed by atoms with Crippen LogP contribution < -0.4 is 10.5 Å². The van der Waals surface area contributed by atoms with Gasteiger partial charge in [0.05, 0.1) is 0 Å². The van der Waals surface area contributed by atoms with Gasteiger partial charge >= 0.3 is 6.18 Å². The average Bonchev–Trinajstić information content (AvgIpc) is 2.45. The Morgan fingerprint density at radius 3 is 2.59 bits per heavy atom. The molecule has 0 atom stereocenters. The highest BCUT2D eigenvalue weighted by Gasteiger charge is 2.33. The van der Waals surface area contributed by atoms with Crippen LogP contribution >= 0.6 is 11.6 Å². The van der Waals surface area contributed by atoms with E-state index in [1.807, 2.05) is 4.98 Å². The lowest BCUT2D eigenvalue weighted by Gasteiger charge is -2.03. The minimum absolute atomic E-state index is 0.259. The zero-order valence-corrected chi connectivity index (χ0v) is 9.41. The molecule has 1 aromatic heterocycles. The summed E-state index contributed by atoms with van der Waals surface area (Å²) >= 11 is 5.53. The fraction of sp³-hybridized carbons (Fsp3) is 0.222. The van der Waals surface area contributed by atoms with Crippen LogP contribution in [0.3, 0.4) is 0 Å². The van der Waals surface area contributed by atoms with Gasteiger partial charge in [0.2, 0.25) is 11.8 Å². The van der Waals surface area contributed by atoms with Gasteiger partial charge < -0.3 is 15.5 Å². The van der Waals surface area contributed by atoms with Gasteiger partial charge in [-0.2, -0.15) is 13.2 Å². The third kappa shape index (κ3) is 3.70. The van der Waals surface area contributed by atoms with Gasteiger partial charge in [0.1, 0.15) is 10.7 Å². The van der Waals surface area contributed by atoms with E-state index in [9.17, 15) is 13.2 Å². The van der Waals surface area contributed by atoms with Gasteiger partial charge in [-0.3, -0.25) is 5.41 Å². The van der Waals surface area contributed by atoms with Gasteiger partial charge in [-0.25, -0.2) is 0 Å². The van der Waals surface area contributed by atoms with E-state index in [0.29, 0.717) is 6.07 Å². The number of rotatable bonds is 2. The van der Waals surface area contributed by atoms with E-state index in [-0.39, 0.29) is 16.6 Å². The summed E-state index contributed by atoms with van der Waals surface area (Å²) in [4.78, 5) is 1.94. The van der Waals surface area contributed by atoms with Gasteiger partial charge in [-0.15, -0.1) is 0 Å². The first-order valence-electron chi connectivity index (χ1n) is 4.36. The van der Waals surface area contributed by atoms with Crippen LogP contribution in [0.15, 0.2) is 17.8 Å². The molecule has 0 aliphatic rings. The van der Waals surface area contributed by atoms with Crippen molar-refractivity contribution in [1.82, 2.24) is 4.98 Å². The maximum absolute atomic E-state index is 12.3. The van der Waals surface area contributed by atoms with Crippen molar-refractivity contribution in [2.75, 3.05) is 0 Å². The minimum Gasteiger partial charge on any atom is -0.422 e. The van der Waals surface area contributed by atoms with E-state index in [1.165, 1.54) is 6.92 Å². The molecule has 4 nitrogen and oxygen atoms in total. The zero-order valence-electron chi connectivity index (χ0n) is 8.65. The van der Waals surface area contributed by atoms with Crippen LogP contribution in [0.5, 0.6) is 5.88 Å². The minimum atomic E-state index is -4.55. The third-order valence-corrected chi connectivity index (χ3v) is 1.89. The summed E-state index contributed by atoms with van der Waals surface area (Å²) in [6, 6.07) is 0.684. The quantitative estimate of drug-likeness (QED) is 0.569. The number of hydrogen-bond acceptors (Lipinski definition) is 3. The predicted molar refractivity (Wildman–Crippen MR) is 57.1 cm³/mol. The topological polar surface area (TPSA) is 74.9 Å². The van der Waals surface area contributed by atoms with E-state index in [4.69, 9.17) is 27.5 Å². The summed E-state index contributed by atoms with van der Waals surface area (Å²) in [5, 5.41) is 7.02. The molecule has 1 rings (SSSR count). The van der Waals surface area contributed by atoms with Crippen molar-refractivity contribution < 1.29 is 17.9 Å². The molecule has 0 amide bonds. The van der Waals surface area contributed by atoms with Gasteiger partial charge in [0.15, 0.2) is 0 Å². The van der Waals surface area contributed by atoms with Crippen molar-refractivity contribution in [3.05, 3.63) is 28.6 Å². The molecule has 0 aromatic carbocycles. The number of nitrogens with one attached hydrogen (secondary N) is 2. The lowest BCUT2D eigenvalue weighted by atomic mass is 10.4. The van der Waals surface area contributed by atoms with E-state index in [0.717, 1.165) is 6.08 Å². The van der Waals surface area contributed by atoms with Gasteiger partial charge in [0.25, 0.3) is 0 Å². The smallest absolute Gasteiger partial charge is 0.422 e. The molecule has 0 aliphatic heterocycles. The number of nitrogens with two attached hydrogens (primary N) is 1. The number of hydrogen-bond donors (Lipinski definition) is 3. The fourth-order valence-electron chi connectivity index (χ4n) is 0.984. The summed E-state index contributed by atoms with van der Waals surface area (Å²) in [7, 11) is 0. The van der Waals surface area contributed by atoms with Crippen LogP contribution in [0.25, 0.3) is 0 Å². The Morgan fingerprint density at radius 1 is 1.59 bits per heavy atom. The second kappa shape index (κ2) is 4.70. The highest BCUT2D eigenvalue weighted by Crippen LogP contribution is 2.34. The summed E-state index contributed by atoms with van der Waals surface area (Å²) in [6.45, 7) is 1.51. The Morgan fingerprint density at radius 2 is 2.18 bits per heavy atom. The van der Waals surface area contributed by atoms with E-state index in [1.54, 1.807) is 0 Å². The van der Waals surface area contributed by atoms with Crippen molar-refractivity contribution >= 4 is 17.5 Å². The Labute approximate surface area is 99.7 Å². The predicted octanol–water partition coefficient (Wildman–Crippen LogP) is 2.91. The molecule has 0 spiro atoms. The molecule has 0 radical (unpaired) electrons. The Kier molecular flexibility index (Phi) is 3.72. The van der Waals surface area contributed by atoms with Crippen LogP contribution in [0, 0.1) is 5.41 Å². The average molecular weight is 268 g/mol. The maximum atomic E-state index is 12.3. The van der Waals surface area contributed by atoms with Crippen LogP contribution in [0.1, 0.15) is 12.6 Å². The maximum Gasteiger partial charge on any atom is 0.431 e. The molecule has 0 unspecified atom stereocenters. The Bertz CT molecular complexity index is 461. The molecule has 0 fully saturated rings. The number of aromatic amines is 1. The molecule has 0 saturated heterocycles. The molecule has 1 aromatic rings. The van der Waals surface area contributed by atoms with Gasteiger partial charge in [0, 0.05) is 11.8 Å². The van der Waals surface area contributed by atoms with Gasteiger partial charge in [-0.05, 0) is 13.0 Å². The number of alkyl halides is 3. The largest absolute Gasteiger partial charge is 0.431 e. The van der Waals surface area contributed by atoms with E-state index in [2.05, 4.69) is 0 Å². The monoisotopic (exact) mass is 267 g/mol. The summed E-state index contributed by atoms with van der Waals surface area (Å²) in [5.74, 6) is -0.760. The molecule has 8 heteroatoms. The number of aromatic nitrogens is 1. The number of halogens is 4. The zero-order chi connectivity index (χ0) is 13.2. The van der Waals surface area contributed by atoms with Crippen LogP contribution in [-0.4, -0.2) is 10.9 Å². The molecule has 0 saturated carbocycles. The van der Waals surface area contributed by atoms with E-state index < -0.39 is 17.8 Å². The van der Waals surface area contributed by atoms with E-state index >= 15 is 0 Å². The molecule has 1 heterocycles. The highest BCUT2D eigenvalue weighted by atomic mass is 35.5. The number of allylic oxidation sites excluding steroid dienone is 1. The molecular weight excluding hydrogens is 259 g/mol. The molecule has 0 aliphatic carbocycles. The Hall–Kier alpha value is -1.63. The second-order valence-electron chi connectivity index (χ2n) is 3.21. The summed E-state index contributed by atoms with van der Waals surface area (Å²) in [5.41, 5.74) is 4.52. The lowest BCUT2D eigenvalue weighted by molar-refractivity contribution is -0.140.